The number of hydrogen-bond acceptors (Lipinski definition) is 6. The van der Waals surface area contributed by atoms with Gasteiger partial charge >= 0.3 is 6.09 Å². The molecule has 6 rings (SSSR count). The summed E-state index contributed by atoms with van der Waals surface area (Å²) in [5.74, 6) is -0.179. The van der Waals surface area contributed by atoms with E-state index in [9.17, 15) is 22.8 Å². The number of para-hydroxylation sites is 1. The standard InChI is InChI=1S/C40H49ClN4O6S/c1-40(2,3)51-39(48)44-26-31-10-6-5-9-30(31)24-36(44)37(46)42-34(23-27-15-17-32(41)18-16-27)38(47)43-21-19-29(20-22-43)33-11-7-8-12-35(33)45(52(4,49)50)25-28-13-14-28/h5-12,15-18,28-29,34,36H,13-14,19-26H2,1-4H3,(H,42,46)/t34-,36+/m1/s1. The molecule has 52 heavy (non-hydrogen) atoms. The maximum absolute atomic E-state index is 14.4. The first-order valence-corrected chi connectivity index (χ1v) is 20.4. The van der Waals surface area contributed by atoms with E-state index in [1.807, 2.05) is 60.7 Å². The summed E-state index contributed by atoms with van der Waals surface area (Å²) in [5.41, 5.74) is 3.69. The van der Waals surface area contributed by atoms with Crippen molar-refractivity contribution in [2.45, 2.75) is 89.4 Å². The van der Waals surface area contributed by atoms with Gasteiger partial charge in [-0.3, -0.25) is 18.8 Å². The first-order chi connectivity index (χ1) is 24.7. The van der Waals surface area contributed by atoms with E-state index in [4.69, 9.17) is 16.3 Å². The SMILES string of the molecule is CC(C)(C)OC(=O)N1Cc2ccccc2C[C@H]1C(=O)N[C@H](Cc1ccc(Cl)cc1)C(=O)N1CCC(c2ccccc2N(CC2CC2)S(C)(=O)=O)CC1. The number of amides is 3. The molecular weight excluding hydrogens is 700 g/mol. The molecule has 2 heterocycles. The number of nitrogens with one attached hydrogen (secondary N) is 1. The number of benzene rings is 3. The van der Waals surface area contributed by atoms with Crippen LogP contribution in [0.1, 0.15) is 74.6 Å². The number of likely N-dealkylation sites (tertiary alicyclic amines) is 1. The van der Waals surface area contributed by atoms with E-state index >= 15 is 0 Å². The van der Waals surface area contributed by atoms with E-state index in [2.05, 4.69) is 5.32 Å². The second kappa shape index (κ2) is 15.5. The monoisotopic (exact) mass is 748 g/mol. The van der Waals surface area contributed by atoms with Crippen molar-refractivity contribution < 1.29 is 27.5 Å². The number of anilines is 1. The number of carbonyl (C=O) groups is 3. The number of fused-ring (bicyclic) bond motifs is 1. The summed E-state index contributed by atoms with van der Waals surface area (Å²) in [6.45, 7) is 6.96. The van der Waals surface area contributed by atoms with E-state index in [-0.39, 0.29) is 24.8 Å². The zero-order chi connectivity index (χ0) is 37.2. The lowest BCUT2D eigenvalue weighted by Crippen LogP contribution is -2.58. The van der Waals surface area contributed by atoms with Gasteiger partial charge in [0.05, 0.1) is 18.5 Å². The lowest BCUT2D eigenvalue weighted by molar-refractivity contribution is -0.138. The van der Waals surface area contributed by atoms with E-state index in [1.165, 1.54) is 11.2 Å². The molecule has 3 amide bonds. The fourth-order valence-corrected chi connectivity index (χ4v) is 8.36. The number of nitrogens with zero attached hydrogens (tertiary/aromatic N) is 3. The van der Waals surface area contributed by atoms with Crippen LogP contribution in [0.5, 0.6) is 0 Å². The third kappa shape index (κ3) is 9.28. The van der Waals surface area contributed by atoms with Crippen LogP contribution in [0.2, 0.25) is 5.02 Å². The lowest BCUT2D eigenvalue weighted by atomic mass is 9.87. The van der Waals surface area contributed by atoms with Crippen molar-refractivity contribution in [2.24, 2.45) is 5.92 Å². The predicted octanol–water partition coefficient (Wildman–Crippen LogP) is 6.31. The smallest absolute Gasteiger partial charge is 0.411 e. The van der Waals surface area contributed by atoms with E-state index in [0.717, 1.165) is 40.8 Å². The fourth-order valence-electron chi connectivity index (χ4n) is 7.23. The average Bonchev–Trinajstić information content (AvgIpc) is 3.94. The molecule has 3 aromatic rings. The number of ether oxygens (including phenoxy) is 1. The molecule has 0 aromatic heterocycles. The largest absolute Gasteiger partial charge is 0.444 e. The van der Waals surface area contributed by atoms with Gasteiger partial charge in [-0.05, 0) is 98.7 Å². The Labute approximate surface area is 312 Å². The van der Waals surface area contributed by atoms with E-state index in [1.54, 1.807) is 42.1 Å². The van der Waals surface area contributed by atoms with Crippen molar-refractivity contribution in [1.29, 1.82) is 0 Å². The molecule has 2 fully saturated rings. The Kier molecular flexibility index (Phi) is 11.2. The Bertz CT molecular complexity index is 1880. The van der Waals surface area contributed by atoms with Gasteiger partial charge in [-0.25, -0.2) is 13.2 Å². The van der Waals surface area contributed by atoms with Crippen LogP contribution < -0.4 is 9.62 Å². The van der Waals surface area contributed by atoms with Crippen LogP contribution >= 0.6 is 11.6 Å². The summed E-state index contributed by atoms with van der Waals surface area (Å²) in [7, 11) is -3.47. The van der Waals surface area contributed by atoms with Crippen molar-refractivity contribution in [3.05, 3.63) is 100 Å². The van der Waals surface area contributed by atoms with Crippen LogP contribution in [0.25, 0.3) is 0 Å². The highest BCUT2D eigenvalue weighted by molar-refractivity contribution is 7.92. The van der Waals surface area contributed by atoms with Crippen LogP contribution in [0.4, 0.5) is 10.5 Å². The lowest BCUT2D eigenvalue weighted by Gasteiger charge is -2.38. The molecular formula is C40H49ClN4O6S. The number of carbonyl (C=O) groups excluding carboxylic acids is 3. The second-order valence-corrected chi connectivity index (χ2v) is 17.7. The summed E-state index contributed by atoms with van der Waals surface area (Å²) < 4.78 is 33.1. The van der Waals surface area contributed by atoms with E-state index in [0.29, 0.717) is 49.8 Å². The Morgan fingerprint density at radius 3 is 2.19 bits per heavy atom. The maximum atomic E-state index is 14.4. The highest BCUT2D eigenvalue weighted by Gasteiger charge is 2.40. The minimum atomic E-state index is -3.47. The summed E-state index contributed by atoms with van der Waals surface area (Å²) in [6, 6.07) is 20.9. The summed E-state index contributed by atoms with van der Waals surface area (Å²) in [6.07, 6.45) is 4.58. The molecule has 12 heteroatoms. The molecule has 3 aromatic carbocycles. The molecule has 0 spiro atoms. The van der Waals surface area contributed by atoms with Gasteiger partial charge in [0.15, 0.2) is 0 Å². The van der Waals surface area contributed by atoms with E-state index < -0.39 is 39.7 Å². The van der Waals surface area contributed by atoms with Gasteiger partial charge in [-0.15, -0.1) is 0 Å². The predicted molar refractivity (Wildman–Crippen MR) is 203 cm³/mol. The minimum Gasteiger partial charge on any atom is -0.444 e. The van der Waals surface area contributed by atoms with Gasteiger partial charge in [-0.2, -0.15) is 0 Å². The zero-order valence-corrected chi connectivity index (χ0v) is 32.0. The van der Waals surface area contributed by atoms with Crippen LogP contribution in [0.15, 0.2) is 72.8 Å². The normalized spacial score (nSPS) is 18.7. The molecule has 3 aliphatic rings. The van der Waals surface area contributed by atoms with Gasteiger partial charge in [0, 0.05) is 37.5 Å². The summed E-state index contributed by atoms with van der Waals surface area (Å²) in [5, 5.41) is 3.62. The van der Waals surface area contributed by atoms with Gasteiger partial charge in [0.2, 0.25) is 21.8 Å². The highest BCUT2D eigenvalue weighted by atomic mass is 35.5. The first kappa shape index (κ1) is 37.7. The van der Waals surface area contributed by atoms with Gasteiger partial charge < -0.3 is 15.0 Å². The van der Waals surface area contributed by atoms with Crippen molar-refractivity contribution in [3.8, 4) is 0 Å². The molecule has 1 saturated heterocycles. The third-order valence-corrected chi connectivity index (χ3v) is 11.5. The van der Waals surface area contributed by atoms with Gasteiger partial charge in [0.25, 0.3) is 0 Å². The van der Waals surface area contributed by atoms with Gasteiger partial charge in [0.1, 0.15) is 17.7 Å². The van der Waals surface area contributed by atoms with Crippen molar-refractivity contribution in [1.82, 2.24) is 15.1 Å². The fraction of sp³-hybridized carbons (Fsp3) is 0.475. The number of piperidine rings is 1. The molecule has 0 radical (unpaired) electrons. The van der Waals surface area contributed by atoms with Crippen LogP contribution in [-0.2, 0) is 43.7 Å². The molecule has 0 unspecified atom stereocenters. The molecule has 1 N–H and O–H groups in total. The Balaban J connectivity index is 1.21. The number of halogens is 1. The van der Waals surface area contributed by atoms with Crippen molar-refractivity contribution >= 4 is 45.2 Å². The van der Waals surface area contributed by atoms with Crippen LogP contribution in [-0.4, -0.2) is 79.7 Å². The molecule has 0 bridgehead atoms. The Morgan fingerprint density at radius 1 is 0.923 bits per heavy atom. The van der Waals surface area contributed by atoms with Crippen LogP contribution in [0, 0.1) is 5.92 Å². The maximum Gasteiger partial charge on any atom is 0.411 e. The molecule has 2 atom stereocenters. The minimum absolute atomic E-state index is 0.0673. The number of hydrogen-bond donors (Lipinski definition) is 1. The highest BCUT2D eigenvalue weighted by Crippen LogP contribution is 2.39. The summed E-state index contributed by atoms with van der Waals surface area (Å²) in [4.78, 5) is 45.3. The first-order valence-electron chi connectivity index (χ1n) is 18.1. The average molecular weight is 749 g/mol. The van der Waals surface area contributed by atoms with Crippen LogP contribution in [0.3, 0.4) is 0 Å². The molecule has 1 saturated carbocycles. The molecule has 278 valence electrons. The third-order valence-electron chi connectivity index (χ3n) is 10.1. The Hall–Kier alpha value is -4.09. The number of rotatable bonds is 10. The second-order valence-electron chi connectivity index (χ2n) is 15.4. The zero-order valence-electron chi connectivity index (χ0n) is 30.4. The van der Waals surface area contributed by atoms with Gasteiger partial charge in [-0.1, -0.05) is 66.2 Å². The van der Waals surface area contributed by atoms with Crippen molar-refractivity contribution in [2.75, 3.05) is 30.2 Å². The molecule has 2 aliphatic heterocycles. The Morgan fingerprint density at radius 2 is 1.56 bits per heavy atom. The summed E-state index contributed by atoms with van der Waals surface area (Å²) >= 11 is 6.17. The number of sulfonamides is 1. The van der Waals surface area contributed by atoms with Crippen molar-refractivity contribution in [3.63, 3.8) is 0 Å². The quantitative estimate of drug-likeness (QED) is 0.260. The molecule has 1 aliphatic carbocycles. The topological polar surface area (TPSA) is 116 Å². The molecule has 10 nitrogen and oxygen atoms in total.